The van der Waals surface area contributed by atoms with E-state index in [-0.39, 0.29) is 22.3 Å². The SMILES string of the molecule is CC1(C)CCC(C)(C)c2cc(NC(=O)c3ccc(C(=O)O)cc3)ccc21.O=C(O)c1ccc(N(CC2CC2)c2cc3c4c(c2)CCCCC4CCCC3)cc1. The Balaban J connectivity index is 0.000000170. The van der Waals surface area contributed by atoms with Gasteiger partial charge in [-0.2, -0.15) is 0 Å². The van der Waals surface area contributed by atoms with Crippen LogP contribution in [0.2, 0.25) is 0 Å². The van der Waals surface area contributed by atoms with E-state index in [9.17, 15) is 19.5 Å². The Hall–Kier alpha value is -4.91. The minimum atomic E-state index is -1.00. The van der Waals surface area contributed by atoms with Crippen molar-refractivity contribution in [1.29, 1.82) is 0 Å². The molecule has 4 aromatic carbocycles. The average molecular weight is 741 g/mol. The molecule has 0 radical (unpaired) electrons. The summed E-state index contributed by atoms with van der Waals surface area (Å²) in [5.41, 5.74) is 11.9. The summed E-state index contributed by atoms with van der Waals surface area (Å²) in [6, 6.07) is 24.5. The van der Waals surface area contributed by atoms with E-state index in [1.54, 1.807) is 28.8 Å². The van der Waals surface area contributed by atoms with Gasteiger partial charge in [-0.15, -0.1) is 0 Å². The molecule has 0 aromatic heterocycles. The maximum absolute atomic E-state index is 12.5. The molecule has 0 heterocycles. The van der Waals surface area contributed by atoms with Crippen LogP contribution in [0.4, 0.5) is 17.1 Å². The Labute approximate surface area is 326 Å². The van der Waals surface area contributed by atoms with Gasteiger partial charge in [-0.05, 0) is 187 Å². The highest BCUT2D eigenvalue weighted by atomic mass is 16.4. The summed E-state index contributed by atoms with van der Waals surface area (Å²) < 4.78 is 0. The summed E-state index contributed by atoms with van der Waals surface area (Å²) >= 11 is 0. The molecule has 1 fully saturated rings. The molecule has 0 spiro atoms. The van der Waals surface area contributed by atoms with Crippen LogP contribution < -0.4 is 10.2 Å². The summed E-state index contributed by atoms with van der Waals surface area (Å²) in [6.07, 6.45) is 15.4. The lowest BCUT2D eigenvalue weighted by Crippen LogP contribution is -2.33. The second-order valence-electron chi connectivity index (χ2n) is 17.6. The highest BCUT2D eigenvalue weighted by Gasteiger charge is 2.37. The van der Waals surface area contributed by atoms with Crippen LogP contribution in [0.15, 0.2) is 78.9 Å². The fraction of sp³-hybridized carbons (Fsp3) is 0.438. The zero-order chi connectivity index (χ0) is 38.9. The number of nitrogens with one attached hydrogen (secondary N) is 1. The van der Waals surface area contributed by atoms with Crippen molar-refractivity contribution in [3.63, 3.8) is 0 Å². The third-order valence-corrected chi connectivity index (χ3v) is 12.6. The summed E-state index contributed by atoms with van der Waals surface area (Å²) in [5, 5.41) is 21.1. The normalized spacial score (nSPS) is 18.3. The fourth-order valence-electron chi connectivity index (χ4n) is 9.04. The lowest BCUT2D eigenvalue weighted by Gasteiger charge is -2.42. The highest BCUT2D eigenvalue weighted by Crippen LogP contribution is 2.47. The molecule has 0 atom stereocenters. The summed E-state index contributed by atoms with van der Waals surface area (Å²) in [4.78, 5) is 37.1. The van der Waals surface area contributed by atoms with Gasteiger partial charge in [0.25, 0.3) is 5.91 Å². The minimum Gasteiger partial charge on any atom is -0.478 e. The van der Waals surface area contributed by atoms with Crippen LogP contribution in [0, 0.1) is 5.92 Å². The first-order chi connectivity index (χ1) is 26.3. The van der Waals surface area contributed by atoms with Gasteiger partial charge in [0.15, 0.2) is 0 Å². The van der Waals surface area contributed by atoms with Crippen LogP contribution in [0.25, 0.3) is 0 Å². The number of amides is 1. The largest absolute Gasteiger partial charge is 0.478 e. The van der Waals surface area contributed by atoms with Crippen LogP contribution >= 0.6 is 0 Å². The first-order valence-corrected chi connectivity index (χ1v) is 20.4. The van der Waals surface area contributed by atoms with Gasteiger partial charge in [0, 0.05) is 29.2 Å². The first kappa shape index (κ1) is 38.4. The van der Waals surface area contributed by atoms with Crippen molar-refractivity contribution >= 4 is 34.9 Å². The molecule has 4 aromatic rings. The molecule has 0 bridgehead atoms. The minimum absolute atomic E-state index is 0.0781. The number of nitrogens with zero attached hydrogens (tertiary/aromatic N) is 1. The number of benzene rings is 4. The van der Waals surface area contributed by atoms with Crippen molar-refractivity contribution in [3.8, 4) is 0 Å². The monoisotopic (exact) mass is 740 g/mol. The molecule has 55 heavy (non-hydrogen) atoms. The van der Waals surface area contributed by atoms with E-state index < -0.39 is 11.9 Å². The van der Waals surface area contributed by atoms with Crippen molar-refractivity contribution < 1.29 is 24.6 Å². The van der Waals surface area contributed by atoms with Gasteiger partial charge in [-0.3, -0.25) is 4.79 Å². The van der Waals surface area contributed by atoms with Gasteiger partial charge in [-0.25, -0.2) is 9.59 Å². The Morgan fingerprint density at radius 3 is 1.71 bits per heavy atom. The molecular weight excluding hydrogens is 685 g/mol. The molecule has 4 aliphatic rings. The van der Waals surface area contributed by atoms with E-state index >= 15 is 0 Å². The van der Waals surface area contributed by atoms with Gasteiger partial charge >= 0.3 is 11.9 Å². The second kappa shape index (κ2) is 15.7. The predicted octanol–water partition coefficient (Wildman–Crippen LogP) is 11.5. The number of hydrogen-bond acceptors (Lipinski definition) is 4. The smallest absolute Gasteiger partial charge is 0.335 e. The molecule has 288 valence electrons. The van der Waals surface area contributed by atoms with E-state index in [0.717, 1.165) is 42.6 Å². The van der Waals surface area contributed by atoms with E-state index in [1.165, 1.54) is 105 Å². The van der Waals surface area contributed by atoms with Crippen LogP contribution in [0.3, 0.4) is 0 Å². The third-order valence-electron chi connectivity index (χ3n) is 12.6. The number of rotatable bonds is 8. The third kappa shape index (κ3) is 8.66. The van der Waals surface area contributed by atoms with Crippen molar-refractivity contribution in [3.05, 3.63) is 123 Å². The van der Waals surface area contributed by atoms with E-state index in [2.05, 4.69) is 62.2 Å². The van der Waals surface area contributed by atoms with Crippen LogP contribution in [0.5, 0.6) is 0 Å². The molecule has 7 heteroatoms. The number of anilines is 3. The van der Waals surface area contributed by atoms with E-state index in [1.807, 2.05) is 18.2 Å². The molecule has 1 saturated carbocycles. The number of carbonyl (C=O) groups excluding carboxylic acids is 1. The first-order valence-electron chi connectivity index (χ1n) is 20.4. The molecular formula is C48H56N2O5. The number of hydrogen-bond donors (Lipinski definition) is 3. The Morgan fingerprint density at radius 2 is 1.16 bits per heavy atom. The maximum atomic E-state index is 12.5. The maximum Gasteiger partial charge on any atom is 0.335 e. The quantitative estimate of drug-likeness (QED) is 0.166. The Kier molecular flexibility index (Phi) is 10.9. The van der Waals surface area contributed by atoms with Gasteiger partial charge in [0.2, 0.25) is 0 Å². The average Bonchev–Trinajstić information content (AvgIpc) is 4.03. The zero-order valence-corrected chi connectivity index (χ0v) is 32.9. The van der Waals surface area contributed by atoms with Gasteiger partial charge in [-0.1, -0.05) is 46.6 Å². The molecule has 4 aliphatic carbocycles. The Bertz CT molecular complexity index is 2030. The molecule has 3 N–H and O–H groups in total. The molecule has 8 rings (SSSR count). The van der Waals surface area contributed by atoms with Crippen molar-refractivity contribution in [1.82, 2.24) is 0 Å². The number of aromatic carboxylic acids is 2. The highest BCUT2D eigenvalue weighted by molar-refractivity contribution is 6.04. The summed E-state index contributed by atoms with van der Waals surface area (Å²) in [5.74, 6) is -0.570. The van der Waals surface area contributed by atoms with Gasteiger partial charge < -0.3 is 20.4 Å². The van der Waals surface area contributed by atoms with E-state index in [0.29, 0.717) is 11.1 Å². The van der Waals surface area contributed by atoms with Crippen LogP contribution in [-0.4, -0.2) is 34.6 Å². The van der Waals surface area contributed by atoms with Crippen molar-refractivity contribution in [2.24, 2.45) is 5.92 Å². The molecule has 7 nitrogen and oxygen atoms in total. The van der Waals surface area contributed by atoms with Crippen molar-refractivity contribution in [2.75, 3.05) is 16.8 Å². The summed E-state index contributed by atoms with van der Waals surface area (Å²) in [6.45, 7) is 10.1. The number of carboxylic acids is 2. The van der Waals surface area contributed by atoms with Gasteiger partial charge in [0.05, 0.1) is 11.1 Å². The molecule has 0 unspecified atom stereocenters. The lowest BCUT2D eigenvalue weighted by atomic mass is 9.63. The number of carbonyl (C=O) groups is 3. The summed E-state index contributed by atoms with van der Waals surface area (Å²) in [7, 11) is 0. The molecule has 0 aliphatic heterocycles. The predicted molar refractivity (Wildman–Crippen MR) is 221 cm³/mol. The second-order valence-corrected chi connectivity index (χ2v) is 17.6. The molecule has 0 saturated heterocycles. The van der Waals surface area contributed by atoms with E-state index in [4.69, 9.17) is 5.11 Å². The molecule has 1 amide bonds. The standard InChI is InChI=1S/C26H31NO2.C22H25NO3/c28-26(29)20-11-13-23(14-12-20)27(17-18-9-10-18)24-15-21-7-3-1-5-19-6-2-4-8-22(16-24)25(19)21;1-21(2)11-12-22(3,4)18-13-16(9-10-17(18)21)23-19(24)14-5-7-15(8-6-14)20(25)26/h11-16,18-19H,1-10,17H2,(H,28,29);5-10,13H,11-12H2,1-4H3,(H,23,24)(H,25,26). The number of aryl methyl sites for hydroxylation is 2. The lowest BCUT2D eigenvalue weighted by molar-refractivity contribution is 0.0686. The van der Waals surface area contributed by atoms with Crippen molar-refractivity contribution in [2.45, 2.75) is 121 Å². The topological polar surface area (TPSA) is 107 Å². The number of fused-ring (bicyclic) bond motifs is 1. The Morgan fingerprint density at radius 1 is 0.636 bits per heavy atom. The number of carboxylic acid groups (broad SMARTS) is 2. The van der Waals surface area contributed by atoms with Crippen LogP contribution in [-0.2, 0) is 23.7 Å². The fourth-order valence-corrected chi connectivity index (χ4v) is 9.04. The zero-order valence-electron chi connectivity index (χ0n) is 32.9. The van der Waals surface area contributed by atoms with Gasteiger partial charge in [0.1, 0.15) is 0 Å². The van der Waals surface area contributed by atoms with Crippen LogP contribution in [0.1, 0.15) is 157 Å².